The lowest BCUT2D eigenvalue weighted by Crippen LogP contribution is -2.47. The smallest absolute Gasteiger partial charge is 0.122 e. The molecular weight excluding hydrogens is 250 g/mol. The first-order valence-corrected chi connectivity index (χ1v) is 7.65. The molecule has 1 fully saturated rings. The van der Waals surface area contributed by atoms with E-state index in [4.69, 9.17) is 4.74 Å². The third kappa shape index (κ3) is 3.53. The van der Waals surface area contributed by atoms with Crippen LogP contribution in [0.5, 0.6) is 5.75 Å². The van der Waals surface area contributed by atoms with Crippen molar-refractivity contribution in [2.45, 2.75) is 57.2 Å². The van der Waals surface area contributed by atoms with Crippen LogP contribution < -0.4 is 4.74 Å². The number of rotatable bonds is 5. The molecule has 112 valence electrons. The Morgan fingerprint density at radius 1 is 1.30 bits per heavy atom. The van der Waals surface area contributed by atoms with Crippen molar-refractivity contribution in [2.24, 2.45) is 0 Å². The van der Waals surface area contributed by atoms with Gasteiger partial charge in [0.15, 0.2) is 0 Å². The highest BCUT2D eigenvalue weighted by molar-refractivity contribution is 5.33. The van der Waals surface area contributed by atoms with Gasteiger partial charge in [-0.05, 0) is 44.9 Å². The standard InChI is InChI=1S/C17H27NO2/c1-13(12-14-8-4-7-11-17(14)20-3)18(2)15-9-5-6-10-16(15)19/h4,7-8,11,13,15-16,19H,5-6,9-10,12H2,1-3H3/t13?,15-,16-/m0/s1. The molecule has 0 amide bonds. The quantitative estimate of drug-likeness (QED) is 0.898. The maximum Gasteiger partial charge on any atom is 0.122 e. The molecule has 20 heavy (non-hydrogen) atoms. The number of hydrogen-bond acceptors (Lipinski definition) is 3. The minimum absolute atomic E-state index is 0.172. The summed E-state index contributed by atoms with van der Waals surface area (Å²) in [6.07, 6.45) is 5.21. The summed E-state index contributed by atoms with van der Waals surface area (Å²) in [7, 11) is 3.86. The van der Waals surface area contributed by atoms with E-state index >= 15 is 0 Å². The van der Waals surface area contributed by atoms with Crippen LogP contribution >= 0.6 is 0 Å². The monoisotopic (exact) mass is 277 g/mol. The minimum Gasteiger partial charge on any atom is -0.496 e. The zero-order valence-electron chi connectivity index (χ0n) is 12.9. The van der Waals surface area contributed by atoms with Crippen molar-refractivity contribution >= 4 is 0 Å². The summed E-state index contributed by atoms with van der Waals surface area (Å²) in [4.78, 5) is 2.34. The predicted molar refractivity (Wildman–Crippen MR) is 82.2 cm³/mol. The SMILES string of the molecule is COc1ccccc1CC(C)N(C)[C@H]1CCCC[C@@H]1O. The van der Waals surface area contributed by atoms with E-state index in [1.165, 1.54) is 12.0 Å². The Bertz CT molecular complexity index is 421. The van der Waals surface area contributed by atoms with E-state index in [0.717, 1.165) is 31.4 Å². The number of para-hydroxylation sites is 1. The van der Waals surface area contributed by atoms with Gasteiger partial charge in [-0.1, -0.05) is 31.0 Å². The molecule has 1 unspecified atom stereocenters. The van der Waals surface area contributed by atoms with Crippen molar-refractivity contribution in [3.05, 3.63) is 29.8 Å². The number of aliphatic hydroxyl groups excluding tert-OH is 1. The van der Waals surface area contributed by atoms with Crippen molar-refractivity contribution < 1.29 is 9.84 Å². The summed E-state index contributed by atoms with van der Waals surface area (Å²) in [6, 6.07) is 8.89. The van der Waals surface area contributed by atoms with Crippen LogP contribution in [0.4, 0.5) is 0 Å². The molecule has 1 aromatic carbocycles. The normalized spacial score (nSPS) is 24.6. The van der Waals surface area contributed by atoms with Crippen LogP contribution in [0.15, 0.2) is 24.3 Å². The Morgan fingerprint density at radius 2 is 2.00 bits per heavy atom. The van der Waals surface area contributed by atoms with Gasteiger partial charge in [0.2, 0.25) is 0 Å². The first-order chi connectivity index (χ1) is 9.63. The summed E-state index contributed by atoms with van der Waals surface area (Å²) in [5.74, 6) is 0.956. The van der Waals surface area contributed by atoms with Crippen LogP contribution in [0, 0.1) is 0 Å². The summed E-state index contributed by atoms with van der Waals surface area (Å²) in [5.41, 5.74) is 1.24. The second-order valence-corrected chi connectivity index (χ2v) is 5.95. The highest BCUT2D eigenvalue weighted by Gasteiger charge is 2.29. The van der Waals surface area contributed by atoms with Gasteiger partial charge in [-0.15, -0.1) is 0 Å². The van der Waals surface area contributed by atoms with Gasteiger partial charge in [-0.3, -0.25) is 4.90 Å². The molecule has 0 spiro atoms. The molecule has 0 aliphatic heterocycles. The first kappa shape index (κ1) is 15.3. The van der Waals surface area contributed by atoms with Crippen molar-refractivity contribution in [1.29, 1.82) is 0 Å². The highest BCUT2D eigenvalue weighted by Crippen LogP contribution is 2.26. The Labute approximate surface area is 122 Å². The fraction of sp³-hybridized carbons (Fsp3) is 0.647. The second kappa shape index (κ2) is 7.09. The molecule has 2 rings (SSSR count). The van der Waals surface area contributed by atoms with Crippen LogP contribution in [0.2, 0.25) is 0 Å². The van der Waals surface area contributed by atoms with Crippen molar-refractivity contribution in [3.8, 4) is 5.75 Å². The Kier molecular flexibility index (Phi) is 5.44. The zero-order valence-corrected chi connectivity index (χ0v) is 12.9. The number of nitrogens with zero attached hydrogens (tertiary/aromatic N) is 1. The van der Waals surface area contributed by atoms with Gasteiger partial charge in [-0.25, -0.2) is 0 Å². The van der Waals surface area contributed by atoms with E-state index in [-0.39, 0.29) is 6.10 Å². The molecule has 0 saturated heterocycles. The van der Waals surface area contributed by atoms with E-state index in [9.17, 15) is 5.11 Å². The van der Waals surface area contributed by atoms with Gasteiger partial charge in [-0.2, -0.15) is 0 Å². The fourth-order valence-electron chi connectivity index (χ4n) is 3.23. The van der Waals surface area contributed by atoms with Crippen LogP contribution in [0.1, 0.15) is 38.2 Å². The summed E-state index contributed by atoms with van der Waals surface area (Å²) in [5, 5.41) is 10.2. The van der Waals surface area contributed by atoms with Gasteiger partial charge in [0.25, 0.3) is 0 Å². The third-order valence-electron chi connectivity index (χ3n) is 4.62. The molecule has 1 N–H and O–H groups in total. The Morgan fingerprint density at radius 3 is 2.70 bits per heavy atom. The topological polar surface area (TPSA) is 32.7 Å². The van der Waals surface area contributed by atoms with E-state index < -0.39 is 0 Å². The summed E-state index contributed by atoms with van der Waals surface area (Å²) < 4.78 is 5.42. The maximum absolute atomic E-state index is 10.2. The fourth-order valence-corrected chi connectivity index (χ4v) is 3.23. The predicted octanol–water partition coefficient (Wildman–Crippen LogP) is 2.86. The molecule has 0 bridgehead atoms. The molecule has 3 atom stereocenters. The van der Waals surface area contributed by atoms with Gasteiger partial charge < -0.3 is 9.84 Å². The molecule has 1 saturated carbocycles. The highest BCUT2D eigenvalue weighted by atomic mass is 16.5. The molecule has 1 aromatic rings. The van der Waals surface area contributed by atoms with Crippen LogP contribution in [0.3, 0.4) is 0 Å². The zero-order chi connectivity index (χ0) is 14.5. The number of methoxy groups -OCH3 is 1. The molecule has 3 nitrogen and oxygen atoms in total. The minimum atomic E-state index is -0.172. The number of ether oxygens (including phenoxy) is 1. The average Bonchev–Trinajstić information content (AvgIpc) is 2.47. The molecular formula is C17H27NO2. The molecule has 1 aliphatic carbocycles. The number of likely N-dealkylation sites (N-methyl/N-ethyl adjacent to an activating group) is 1. The summed E-state index contributed by atoms with van der Waals surface area (Å²) in [6.45, 7) is 2.23. The summed E-state index contributed by atoms with van der Waals surface area (Å²) >= 11 is 0. The molecule has 0 heterocycles. The third-order valence-corrected chi connectivity index (χ3v) is 4.62. The van der Waals surface area contributed by atoms with Gasteiger partial charge >= 0.3 is 0 Å². The van der Waals surface area contributed by atoms with Crippen molar-refractivity contribution in [3.63, 3.8) is 0 Å². The van der Waals surface area contributed by atoms with Crippen LogP contribution in [-0.2, 0) is 6.42 Å². The van der Waals surface area contributed by atoms with E-state index in [1.807, 2.05) is 12.1 Å². The van der Waals surface area contributed by atoms with Gasteiger partial charge in [0.1, 0.15) is 5.75 Å². The Balaban J connectivity index is 2.01. The Hall–Kier alpha value is -1.06. The van der Waals surface area contributed by atoms with Gasteiger partial charge in [0.05, 0.1) is 13.2 Å². The molecule has 3 heteroatoms. The van der Waals surface area contributed by atoms with E-state index in [1.54, 1.807) is 7.11 Å². The lowest BCUT2D eigenvalue weighted by Gasteiger charge is -2.38. The van der Waals surface area contributed by atoms with Crippen LogP contribution in [0.25, 0.3) is 0 Å². The van der Waals surface area contributed by atoms with Gasteiger partial charge in [0, 0.05) is 12.1 Å². The lowest BCUT2D eigenvalue weighted by atomic mass is 9.90. The van der Waals surface area contributed by atoms with Crippen molar-refractivity contribution in [2.75, 3.05) is 14.2 Å². The first-order valence-electron chi connectivity index (χ1n) is 7.65. The lowest BCUT2D eigenvalue weighted by molar-refractivity contribution is 0.0159. The van der Waals surface area contributed by atoms with E-state index in [0.29, 0.717) is 12.1 Å². The van der Waals surface area contributed by atoms with E-state index in [2.05, 4.69) is 31.0 Å². The number of aliphatic hydroxyl groups is 1. The second-order valence-electron chi connectivity index (χ2n) is 5.95. The molecule has 0 aromatic heterocycles. The number of hydrogen-bond donors (Lipinski definition) is 1. The number of benzene rings is 1. The maximum atomic E-state index is 10.2. The largest absolute Gasteiger partial charge is 0.496 e. The van der Waals surface area contributed by atoms with Crippen LogP contribution in [-0.4, -0.2) is 42.4 Å². The van der Waals surface area contributed by atoms with Crippen molar-refractivity contribution in [1.82, 2.24) is 4.90 Å². The molecule has 1 aliphatic rings. The average molecular weight is 277 g/mol. The molecule has 0 radical (unpaired) electrons.